The molecule has 0 spiro atoms. The molecule has 0 saturated carbocycles. The molecule has 0 unspecified atom stereocenters. The fraction of sp³-hybridized carbons (Fsp3) is 0.750. The van der Waals surface area contributed by atoms with Crippen molar-refractivity contribution in [3.63, 3.8) is 0 Å². The zero-order chi connectivity index (χ0) is 11.6. The van der Waals surface area contributed by atoms with Crippen LogP contribution in [-0.2, 0) is 17.6 Å². The van der Waals surface area contributed by atoms with Gasteiger partial charge in [0.15, 0.2) is 5.89 Å². The van der Waals surface area contributed by atoms with E-state index in [4.69, 9.17) is 9.15 Å². The summed E-state index contributed by atoms with van der Waals surface area (Å²) in [4.78, 5) is 4.24. The molecule has 0 aromatic carbocycles. The van der Waals surface area contributed by atoms with Crippen molar-refractivity contribution in [1.29, 1.82) is 0 Å². The maximum atomic E-state index is 5.59. The fourth-order valence-corrected chi connectivity index (χ4v) is 1.44. The van der Waals surface area contributed by atoms with Crippen LogP contribution >= 0.6 is 0 Å². The average Bonchev–Trinajstić information content (AvgIpc) is 2.73. The minimum atomic E-state index is 0.711. The zero-order valence-electron chi connectivity index (χ0n) is 10.3. The van der Waals surface area contributed by atoms with Gasteiger partial charge in [0.25, 0.3) is 0 Å². The second-order valence-corrected chi connectivity index (χ2v) is 3.62. The van der Waals surface area contributed by atoms with Crippen molar-refractivity contribution in [1.82, 2.24) is 10.3 Å². The van der Waals surface area contributed by atoms with Crippen molar-refractivity contribution >= 4 is 0 Å². The number of nitrogens with one attached hydrogen (secondary N) is 1. The highest BCUT2D eigenvalue weighted by atomic mass is 16.5. The molecule has 4 heteroatoms. The lowest BCUT2D eigenvalue weighted by atomic mass is 10.3. The Morgan fingerprint density at radius 2 is 2.25 bits per heavy atom. The maximum Gasteiger partial charge on any atom is 0.194 e. The highest BCUT2D eigenvalue weighted by Gasteiger charge is 2.03. The molecule has 4 nitrogen and oxygen atoms in total. The molecule has 1 aromatic rings. The van der Waals surface area contributed by atoms with Crippen molar-refractivity contribution in [2.75, 3.05) is 26.3 Å². The molecule has 0 radical (unpaired) electrons. The Morgan fingerprint density at radius 3 is 3.00 bits per heavy atom. The molecule has 0 aliphatic heterocycles. The van der Waals surface area contributed by atoms with Crippen molar-refractivity contribution in [3.8, 4) is 0 Å². The predicted molar refractivity (Wildman–Crippen MR) is 63.6 cm³/mol. The largest absolute Gasteiger partial charge is 0.446 e. The second kappa shape index (κ2) is 8.30. The quantitative estimate of drug-likeness (QED) is 0.652. The SMILES string of the molecule is CCNCCCc1ncc(CCOCC)o1. The van der Waals surface area contributed by atoms with Crippen LogP contribution in [0.2, 0.25) is 0 Å². The number of hydrogen-bond acceptors (Lipinski definition) is 4. The number of oxazole rings is 1. The minimum absolute atomic E-state index is 0.711. The Kier molecular flexibility index (Phi) is 6.85. The van der Waals surface area contributed by atoms with Crippen molar-refractivity contribution in [2.24, 2.45) is 0 Å². The van der Waals surface area contributed by atoms with Crippen molar-refractivity contribution < 1.29 is 9.15 Å². The van der Waals surface area contributed by atoms with E-state index in [9.17, 15) is 0 Å². The molecule has 0 saturated heterocycles. The molecule has 0 aliphatic rings. The summed E-state index contributed by atoms with van der Waals surface area (Å²) >= 11 is 0. The molecule has 16 heavy (non-hydrogen) atoms. The van der Waals surface area contributed by atoms with Crippen LogP contribution in [0, 0.1) is 0 Å². The third-order valence-corrected chi connectivity index (χ3v) is 2.29. The average molecular weight is 226 g/mol. The van der Waals surface area contributed by atoms with E-state index in [1.54, 1.807) is 0 Å². The molecule has 92 valence electrons. The third kappa shape index (κ3) is 5.28. The van der Waals surface area contributed by atoms with Gasteiger partial charge in [-0.25, -0.2) is 4.98 Å². The number of nitrogens with zero attached hydrogens (tertiary/aromatic N) is 1. The minimum Gasteiger partial charge on any atom is -0.446 e. The van der Waals surface area contributed by atoms with Crippen LogP contribution in [0.1, 0.15) is 31.9 Å². The Bertz CT molecular complexity index is 274. The van der Waals surface area contributed by atoms with Crippen LogP contribution in [0.25, 0.3) is 0 Å². The van der Waals surface area contributed by atoms with Gasteiger partial charge in [0.2, 0.25) is 0 Å². The van der Waals surface area contributed by atoms with E-state index >= 15 is 0 Å². The monoisotopic (exact) mass is 226 g/mol. The zero-order valence-corrected chi connectivity index (χ0v) is 10.3. The molecule has 1 N–H and O–H groups in total. The van der Waals surface area contributed by atoms with Gasteiger partial charge < -0.3 is 14.5 Å². The van der Waals surface area contributed by atoms with Crippen LogP contribution in [0.3, 0.4) is 0 Å². The number of aromatic nitrogens is 1. The van der Waals surface area contributed by atoms with Crippen LogP contribution < -0.4 is 5.32 Å². The summed E-state index contributed by atoms with van der Waals surface area (Å²) in [5.41, 5.74) is 0. The van der Waals surface area contributed by atoms with E-state index in [1.807, 2.05) is 13.1 Å². The maximum absolute atomic E-state index is 5.59. The fourth-order valence-electron chi connectivity index (χ4n) is 1.44. The van der Waals surface area contributed by atoms with E-state index in [2.05, 4.69) is 17.2 Å². The Hall–Kier alpha value is -0.870. The topological polar surface area (TPSA) is 47.3 Å². The molecule has 1 aromatic heterocycles. The highest BCUT2D eigenvalue weighted by molar-refractivity contribution is 4.94. The number of rotatable bonds is 9. The van der Waals surface area contributed by atoms with E-state index in [1.165, 1.54) is 0 Å². The van der Waals surface area contributed by atoms with E-state index < -0.39 is 0 Å². The molecule has 0 bridgehead atoms. The van der Waals surface area contributed by atoms with Gasteiger partial charge in [-0.05, 0) is 26.4 Å². The van der Waals surface area contributed by atoms with Crippen LogP contribution in [0.5, 0.6) is 0 Å². The van der Waals surface area contributed by atoms with Gasteiger partial charge in [0.1, 0.15) is 5.76 Å². The van der Waals surface area contributed by atoms with Gasteiger partial charge in [0.05, 0.1) is 12.8 Å². The van der Waals surface area contributed by atoms with Gasteiger partial charge >= 0.3 is 0 Å². The smallest absolute Gasteiger partial charge is 0.194 e. The lowest BCUT2D eigenvalue weighted by molar-refractivity contribution is 0.146. The summed E-state index contributed by atoms with van der Waals surface area (Å²) in [5.74, 6) is 1.76. The van der Waals surface area contributed by atoms with E-state index in [0.29, 0.717) is 6.61 Å². The van der Waals surface area contributed by atoms with Crippen LogP contribution in [0.15, 0.2) is 10.6 Å². The summed E-state index contributed by atoms with van der Waals surface area (Å²) in [5, 5.41) is 3.28. The normalized spacial score (nSPS) is 10.9. The van der Waals surface area contributed by atoms with Crippen molar-refractivity contribution in [3.05, 3.63) is 17.8 Å². The molecule has 0 atom stereocenters. The Balaban J connectivity index is 2.17. The summed E-state index contributed by atoms with van der Waals surface area (Å²) in [6, 6.07) is 0. The summed E-state index contributed by atoms with van der Waals surface area (Å²) in [6.45, 7) is 7.61. The van der Waals surface area contributed by atoms with Gasteiger partial charge in [-0.1, -0.05) is 6.92 Å². The van der Waals surface area contributed by atoms with Crippen molar-refractivity contribution in [2.45, 2.75) is 33.1 Å². The third-order valence-electron chi connectivity index (χ3n) is 2.29. The first-order valence-corrected chi connectivity index (χ1v) is 6.08. The van der Waals surface area contributed by atoms with Gasteiger partial charge in [0, 0.05) is 19.4 Å². The van der Waals surface area contributed by atoms with E-state index in [0.717, 1.165) is 50.6 Å². The number of ether oxygens (including phenoxy) is 1. The van der Waals surface area contributed by atoms with Gasteiger partial charge in [-0.15, -0.1) is 0 Å². The lowest BCUT2D eigenvalue weighted by Crippen LogP contribution is -2.14. The first-order chi connectivity index (χ1) is 7.86. The summed E-state index contributed by atoms with van der Waals surface area (Å²) in [6.07, 6.45) is 4.59. The highest BCUT2D eigenvalue weighted by Crippen LogP contribution is 2.06. The molecular weight excluding hydrogens is 204 g/mol. The second-order valence-electron chi connectivity index (χ2n) is 3.62. The van der Waals surface area contributed by atoms with Crippen LogP contribution in [-0.4, -0.2) is 31.3 Å². The number of hydrogen-bond donors (Lipinski definition) is 1. The molecule has 1 heterocycles. The van der Waals surface area contributed by atoms with Crippen LogP contribution in [0.4, 0.5) is 0 Å². The number of aryl methyl sites for hydroxylation is 1. The molecule has 0 fully saturated rings. The molecule has 0 amide bonds. The molecule has 1 rings (SSSR count). The van der Waals surface area contributed by atoms with Gasteiger partial charge in [-0.2, -0.15) is 0 Å². The first-order valence-electron chi connectivity index (χ1n) is 6.08. The first kappa shape index (κ1) is 13.2. The summed E-state index contributed by atoms with van der Waals surface area (Å²) in [7, 11) is 0. The lowest BCUT2D eigenvalue weighted by Gasteiger charge is -1.99. The molecule has 0 aliphatic carbocycles. The Labute approximate surface area is 97.4 Å². The summed E-state index contributed by atoms with van der Waals surface area (Å²) < 4.78 is 10.9. The molecular formula is C12H22N2O2. The van der Waals surface area contributed by atoms with Gasteiger partial charge in [-0.3, -0.25) is 0 Å². The predicted octanol–water partition coefficient (Wildman–Crippen LogP) is 1.80. The van der Waals surface area contributed by atoms with E-state index in [-0.39, 0.29) is 0 Å². The standard InChI is InChI=1S/C12H22N2O2/c1-3-13-8-5-6-12-14-10-11(16-12)7-9-15-4-2/h10,13H,3-9H2,1-2H3. The Morgan fingerprint density at radius 1 is 1.38 bits per heavy atom.